The number of hydrogen-bond acceptors (Lipinski definition) is 5. The molecule has 1 aromatic carbocycles. The van der Waals surface area contributed by atoms with Gasteiger partial charge in [-0.25, -0.2) is 14.2 Å². The van der Waals surface area contributed by atoms with E-state index in [0.717, 1.165) is 0 Å². The first-order valence-corrected chi connectivity index (χ1v) is 5.83. The maximum absolute atomic E-state index is 12.2. The predicted octanol–water partition coefficient (Wildman–Crippen LogP) is 0.766. The summed E-state index contributed by atoms with van der Waals surface area (Å²) in [5.74, 6) is 0.254. The van der Waals surface area contributed by atoms with Gasteiger partial charge in [-0.2, -0.15) is 5.10 Å². The van der Waals surface area contributed by atoms with Crippen LogP contribution in [0, 0.1) is 0 Å². The van der Waals surface area contributed by atoms with Crippen molar-refractivity contribution in [3.63, 3.8) is 0 Å². The number of aromatic hydroxyl groups is 1. The highest BCUT2D eigenvalue weighted by Crippen LogP contribution is 2.31. The molecule has 0 saturated heterocycles. The van der Waals surface area contributed by atoms with Crippen LogP contribution in [0.5, 0.6) is 11.5 Å². The summed E-state index contributed by atoms with van der Waals surface area (Å²) in [6.07, 6.45) is 1.52. The second kappa shape index (κ2) is 3.50. The molecule has 0 unspecified atom stereocenters. The number of aromatic nitrogens is 5. The number of phenols is 1. The Morgan fingerprint density at radius 1 is 1.40 bits per heavy atom. The molecule has 0 aliphatic heterocycles. The normalized spacial score (nSPS) is 11.7. The zero-order valence-corrected chi connectivity index (χ0v) is 10.3. The Bertz CT molecular complexity index is 1030. The van der Waals surface area contributed by atoms with Crippen LogP contribution >= 0.6 is 0 Å². The summed E-state index contributed by atoms with van der Waals surface area (Å²) in [4.78, 5) is 19.3. The van der Waals surface area contributed by atoms with E-state index in [-0.39, 0.29) is 17.2 Å². The second-order valence-corrected chi connectivity index (χ2v) is 4.37. The molecule has 0 fully saturated rings. The van der Waals surface area contributed by atoms with Crippen molar-refractivity contribution in [1.29, 1.82) is 0 Å². The molecule has 3 N–H and O–H groups in total. The van der Waals surface area contributed by atoms with Crippen molar-refractivity contribution in [1.82, 2.24) is 24.6 Å². The van der Waals surface area contributed by atoms with Gasteiger partial charge >= 0.3 is 5.69 Å². The van der Waals surface area contributed by atoms with Gasteiger partial charge in [0.2, 0.25) is 0 Å². The Hall–Kier alpha value is -3.03. The number of rotatable bonds is 1. The van der Waals surface area contributed by atoms with Crippen LogP contribution in [0.2, 0.25) is 0 Å². The van der Waals surface area contributed by atoms with E-state index in [1.54, 1.807) is 6.07 Å². The fourth-order valence-electron chi connectivity index (χ4n) is 2.35. The highest BCUT2D eigenvalue weighted by molar-refractivity contribution is 5.93. The van der Waals surface area contributed by atoms with E-state index in [2.05, 4.69) is 20.2 Å². The number of ether oxygens (including phenoxy) is 1. The first-order chi connectivity index (χ1) is 9.69. The van der Waals surface area contributed by atoms with Gasteiger partial charge in [-0.3, -0.25) is 5.10 Å². The van der Waals surface area contributed by atoms with Crippen molar-refractivity contribution in [2.75, 3.05) is 7.11 Å². The maximum Gasteiger partial charge on any atom is 0.332 e. The lowest BCUT2D eigenvalue weighted by Crippen LogP contribution is -2.15. The van der Waals surface area contributed by atoms with Crippen molar-refractivity contribution in [2.45, 2.75) is 0 Å². The standard InChI is InChI=1S/C12H9N5O3/c1-20-9-3-7-5(2-8(9)18)14-11-10-6(4-13-16-10)15-12(19)17(7)11/h2-4,18H,1H3,(H,13,16)(H,15,19). The van der Waals surface area contributed by atoms with Gasteiger partial charge < -0.3 is 14.8 Å². The van der Waals surface area contributed by atoms with E-state index in [1.807, 2.05) is 0 Å². The molecule has 8 nitrogen and oxygen atoms in total. The van der Waals surface area contributed by atoms with Crippen LogP contribution < -0.4 is 10.4 Å². The largest absolute Gasteiger partial charge is 0.504 e. The van der Waals surface area contributed by atoms with Crippen LogP contribution in [-0.2, 0) is 0 Å². The van der Waals surface area contributed by atoms with Crippen molar-refractivity contribution < 1.29 is 9.84 Å². The summed E-state index contributed by atoms with van der Waals surface area (Å²) < 4.78 is 6.47. The first-order valence-electron chi connectivity index (χ1n) is 5.83. The zero-order chi connectivity index (χ0) is 13.9. The molecular formula is C12H9N5O3. The quantitative estimate of drug-likeness (QED) is 0.473. The Labute approximate surface area is 110 Å². The summed E-state index contributed by atoms with van der Waals surface area (Å²) >= 11 is 0. The fraction of sp³-hybridized carbons (Fsp3) is 0.0833. The third-order valence-corrected chi connectivity index (χ3v) is 3.26. The topological polar surface area (TPSA) is 108 Å². The molecule has 3 aromatic heterocycles. The first kappa shape index (κ1) is 10.9. The number of aromatic amines is 2. The number of phenolic OH excluding ortho intramolecular Hbond substituents is 1. The molecule has 0 saturated carbocycles. The molecule has 0 bridgehead atoms. The summed E-state index contributed by atoms with van der Waals surface area (Å²) in [7, 11) is 1.45. The Morgan fingerprint density at radius 2 is 2.25 bits per heavy atom. The number of benzene rings is 1. The van der Waals surface area contributed by atoms with Gasteiger partial charge in [0.05, 0.1) is 29.9 Å². The summed E-state index contributed by atoms with van der Waals surface area (Å²) in [6.45, 7) is 0. The number of methoxy groups -OCH3 is 1. The van der Waals surface area contributed by atoms with E-state index in [9.17, 15) is 9.90 Å². The number of hydrogen-bond donors (Lipinski definition) is 3. The van der Waals surface area contributed by atoms with Gasteiger partial charge in [0.15, 0.2) is 17.1 Å². The Kier molecular flexibility index (Phi) is 1.90. The van der Waals surface area contributed by atoms with E-state index >= 15 is 0 Å². The van der Waals surface area contributed by atoms with Crippen molar-refractivity contribution in [3.05, 3.63) is 28.8 Å². The van der Waals surface area contributed by atoms with Crippen LogP contribution in [0.1, 0.15) is 0 Å². The minimum absolute atomic E-state index is 0.0271. The number of imidazole rings is 1. The number of nitrogens with one attached hydrogen (secondary N) is 2. The summed E-state index contributed by atoms with van der Waals surface area (Å²) in [5.41, 5.74) is 2.37. The highest BCUT2D eigenvalue weighted by Gasteiger charge is 2.15. The average Bonchev–Trinajstić information content (AvgIpc) is 3.01. The third-order valence-electron chi connectivity index (χ3n) is 3.26. The number of H-pyrrole nitrogens is 2. The third kappa shape index (κ3) is 1.22. The highest BCUT2D eigenvalue weighted by atomic mass is 16.5. The molecule has 4 aromatic rings. The average molecular weight is 271 g/mol. The van der Waals surface area contributed by atoms with Gasteiger partial charge in [-0.05, 0) is 0 Å². The SMILES string of the molecule is COc1cc2c(cc1O)nc1c3[nH]ncc3[nH]c(=O)n21. The molecule has 0 spiro atoms. The van der Waals surface area contributed by atoms with Crippen molar-refractivity contribution >= 4 is 27.7 Å². The molecule has 0 amide bonds. The van der Waals surface area contributed by atoms with Crippen LogP contribution in [-0.4, -0.2) is 36.8 Å². The molecule has 100 valence electrons. The lowest BCUT2D eigenvalue weighted by molar-refractivity contribution is 0.374. The van der Waals surface area contributed by atoms with Crippen LogP contribution in [0.4, 0.5) is 0 Å². The predicted molar refractivity (Wildman–Crippen MR) is 71.2 cm³/mol. The minimum atomic E-state index is -0.329. The lowest BCUT2D eigenvalue weighted by Gasteiger charge is -2.02. The Balaban J connectivity index is 2.30. The Morgan fingerprint density at radius 3 is 3.05 bits per heavy atom. The summed E-state index contributed by atoms with van der Waals surface area (Å²) in [6, 6.07) is 3.03. The molecule has 20 heavy (non-hydrogen) atoms. The fourth-order valence-corrected chi connectivity index (χ4v) is 2.35. The van der Waals surface area contributed by atoms with E-state index in [1.165, 1.54) is 23.8 Å². The van der Waals surface area contributed by atoms with E-state index < -0.39 is 0 Å². The van der Waals surface area contributed by atoms with Gasteiger partial charge in [0.1, 0.15) is 5.52 Å². The maximum atomic E-state index is 12.2. The van der Waals surface area contributed by atoms with E-state index in [0.29, 0.717) is 27.7 Å². The summed E-state index contributed by atoms with van der Waals surface area (Å²) in [5, 5.41) is 16.5. The minimum Gasteiger partial charge on any atom is -0.504 e. The lowest BCUT2D eigenvalue weighted by atomic mass is 10.3. The molecule has 0 aliphatic rings. The molecular weight excluding hydrogens is 262 g/mol. The van der Waals surface area contributed by atoms with Gasteiger partial charge in [0.25, 0.3) is 0 Å². The van der Waals surface area contributed by atoms with Crippen LogP contribution in [0.15, 0.2) is 23.1 Å². The van der Waals surface area contributed by atoms with Crippen molar-refractivity contribution in [2.24, 2.45) is 0 Å². The molecule has 0 radical (unpaired) electrons. The van der Waals surface area contributed by atoms with E-state index in [4.69, 9.17) is 4.74 Å². The second-order valence-electron chi connectivity index (χ2n) is 4.37. The van der Waals surface area contributed by atoms with Crippen molar-refractivity contribution in [3.8, 4) is 11.5 Å². The molecule has 3 heterocycles. The zero-order valence-electron chi connectivity index (χ0n) is 10.3. The molecule has 0 aliphatic carbocycles. The van der Waals surface area contributed by atoms with Crippen LogP contribution in [0.25, 0.3) is 27.7 Å². The van der Waals surface area contributed by atoms with Gasteiger partial charge in [0, 0.05) is 12.1 Å². The number of nitrogens with zero attached hydrogens (tertiary/aromatic N) is 3. The van der Waals surface area contributed by atoms with Gasteiger partial charge in [-0.15, -0.1) is 0 Å². The number of fused-ring (bicyclic) bond motifs is 5. The monoisotopic (exact) mass is 271 g/mol. The smallest absolute Gasteiger partial charge is 0.332 e. The van der Waals surface area contributed by atoms with Gasteiger partial charge in [-0.1, -0.05) is 0 Å². The molecule has 0 atom stereocenters. The van der Waals surface area contributed by atoms with Crippen LogP contribution in [0.3, 0.4) is 0 Å². The molecule has 8 heteroatoms. The molecule has 4 rings (SSSR count).